The summed E-state index contributed by atoms with van der Waals surface area (Å²) in [5, 5.41) is 0. The highest BCUT2D eigenvalue weighted by atomic mass is 32.1. The Kier molecular flexibility index (Phi) is 4.38. The van der Waals surface area contributed by atoms with Crippen molar-refractivity contribution in [1.82, 2.24) is 4.90 Å². The first-order valence-electron chi connectivity index (χ1n) is 7.42. The molecule has 1 saturated carbocycles. The van der Waals surface area contributed by atoms with Gasteiger partial charge in [0.1, 0.15) is 5.60 Å². The zero-order valence-electron chi connectivity index (χ0n) is 12.4. The summed E-state index contributed by atoms with van der Waals surface area (Å²) in [5.74, 6) is 1.79. The number of ether oxygens (including phenoxy) is 1. The second-order valence-electron chi connectivity index (χ2n) is 7.28. The lowest BCUT2D eigenvalue weighted by atomic mass is 9.70. The van der Waals surface area contributed by atoms with Gasteiger partial charge in [-0.15, -0.1) is 0 Å². The SMILES string of the molecule is CC(C)(C)OC(=O)N1CCC2(CCC(CS)CC2)C1. The fraction of sp³-hybridized carbons (Fsp3) is 0.933. The second kappa shape index (κ2) is 5.55. The summed E-state index contributed by atoms with van der Waals surface area (Å²) in [6, 6.07) is 0. The smallest absolute Gasteiger partial charge is 0.410 e. The molecule has 0 aromatic rings. The quantitative estimate of drug-likeness (QED) is 0.744. The van der Waals surface area contributed by atoms with Crippen molar-refractivity contribution in [1.29, 1.82) is 0 Å². The lowest BCUT2D eigenvalue weighted by Crippen LogP contribution is -2.38. The van der Waals surface area contributed by atoms with E-state index in [-0.39, 0.29) is 6.09 Å². The Morgan fingerprint density at radius 3 is 2.47 bits per heavy atom. The predicted octanol–water partition coefficient (Wildman–Crippen LogP) is 3.73. The monoisotopic (exact) mass is 285 g/mol. The summed E-state index contributed by atoms with van der Waals surface area (Å²) in [6.45, 7) is 7.53. The van der Waals surface area contributed by atoms with Crippen LogP contribution < -0.4 is 0 Å². The molecule has 110 valence electrons. The Hall–Kier alpha value is -0.380. The van der Waals surface area contributed by atoms with Gasteiger partial charge in [-0.05, 0) is 70.0 Å². The van der Waals surface area contributed by atoms with Crippen LogP contribution in [0.2, 0.25) is 0 Å². The lowest BCUT2D eigenvalue weighted by molar-refractivity contribution is 0.0258. The first-order valence-corrected chi connectivity index (χ1v) is 8.06. The molecule has 3 nitrogen and oxygen atoms in total. The van der Waals surface area contributed by atoms with Crippen LogP contribution in [0.4, 0.5) is 4.79 Å². The lowest BCUT2D eigenvalue weighted by Gasteiger charge is -2.36. The average Bonchev–Trinajstić information content (AvgIpc) is 2.73. The van der Waals surface area contributed by atoms with Crippen LogP contribution in [0.25, 0.3) is 0 Å². The van der Waals surface area contributed by atoms with Crippen LogP contribution in [0.1, 0.15) is 52.9 Å². The van der Waals surface area contributed by atoms with Crippen LogP contribution in [-0.2, 0) is 4.74 Å². The molecule has 0 N–H and O–H groups in total. The third kappa shape index (κ3) is 3.80. The van der Waals surface area contributed by atoms with Crippen LogP contribution in [0.5, 0.6) is 0 Å². The Bertz CT molecular complexity index is 330. The fourth-order valence-corrected chi connectivity index (χ4v) is 3.66. The summed E-state index contributed by atoms with van der Waals surface area (Å²) < 4.78 is 5.47. The highest BCUT2D eigenvalue weighted by Gasteiger charge is 2.43. The molecular weight excluding hydrogens is 258 g/mol. The van der Waals surface area contributed by atoms with E-state index in [9.17, 15) is 4.79 Å². The van der Waals surface area contributed by atoms with E-state index in [1.165, 1.54) is 25.7 Å². The van der Waals surface area contributed by atoms with Gasteiger partial charge in [0, 0.05) is 13.1 Å². The molecule has 2 aliphatic rings. The molecule has 4 heteroatoms. The predicted molar refractivity (Wildman–Crippen MR) is 80.7 cm³/mol. The number of hydrogen-bond donors (Lipinski definition) is 1. The molecule has 1 aliphatic carbocycles. The number of carbonyl (C=O) groups excluding carboxylic acids is 1. The number of rotatable bonds is 1. The van der Waals surface area contributed by atoms with Gasteiger partial charge in [0.15, 0.2) is 0 Å². The first kappa shape index (κ1) is 15.0. The fourth-order valence-electron chi connectivity index (χ4n) is 3.30. The van der Waals surface area contributed by atoms with Gasteiger partial charge in [0.25, 0.3) is 0 Å². The largest absolute Gasteiger partial charge is 0.444 e. The summed E-state index contributed by atoms with van der Waals surface area (Å²) >= 11 is 4.41. The van der Waals surface area contributed by atoms with Gasteiger partial charge in [0.2, 0.25) is 0 Å². The van der Waals surface area contributed by atoms with Gasteiger partial charge >= 0.3 is 6.09 Å². The van der Waals surface area contributed by atoms with E-state index in [4.69, 9.17) is 4.74 Å². The summed E-state index contributed by atoms with van der Waals surface area (Å²) in [5.41, 5.74) is -0.0210. The molecule has 0 unspecified atom stereocenters. The maximum atomic E-state index is 12.1. The number of hydrogen-bond acceptors (Lipinski definition) is 3. The van der Waals surface area contributed by atoms with Crippen molar-refractivity contribution < 1.29 is 9.53 Å². The van der Waals surface area contributed by atoms with E-state index >= 15 is 0 Å². The molecule has 1 heterocycles. The highest BCUT2D eigenvalue weighted by molar-refractivity contribution is 7.80. The Morgan fingerprint density at radius 2 is 1.95 bits per heavy atom. The second-order valence-corrected chi connectivity index (χ2v) is 7.64. The molecule has 19 heavy (non-hydrogen) atoms. The molecule has 2 fully saturated rings. The number of carbonyl (C=O) groups is 1. The van der Waals surface area contributed by atoms with Crippen molar-refractivity contribution in [3.63, 3.8) is 0 Å². The topological polar surface area (TPSA) is 29.5 Å². The third-order valence-corrected chi connectivity index (χ3v) is 5.03. The molecule has 1 aliphatic heterocycles. The van der Waals surface area contributed by atoms with Gasteiger partial charge in [-0.2, -0.15) is 12.6 Å². The standard InChI is InChI=1S/C15H27NO2S/c1-14(2,3)18-13(17)16-9-8-15(11-16)6-4-12(10-19)5-7-15/h12,19H,4-11H2,1-3H3. The molecule has 0 aromatic carbocycles. The molecule has 2 rings (SSSR count). The Balaban J connectivity index is 1.88. The van der Waals surface area contributed by atoms with Crippen LogP contribution >= 0.6 is 12.6 Å². The van der Waals surface area contributed by atoms with Gasteiger partial charge in [-0.3, -0.25) is 0 Å². The third-order valence-electron chi connectivity index (χ3n) is 4.51. The zero-order chi connectivity index (χ0) is 14.1. The van der Waals surface area contributed by atoms with Crippen molar-refractivity contribution in [3.8, 4) is 0 Å². The minimum Gasteiger partial charge on any atom is -0.444 e. The number of likely N-dealkylation sites (tertiary alicyclic amines) is 1. The van der Waals surface area contributed by atoms with Crippen molar-refractivity contribution in [2.45, 2.75) is 58.5 Å². The molecule has 1 amide bonds. The molecule has 1 spiro atoms. The van der Waals surface area contributed by atoms with Crippen molar-refractivity contribution in [2.75, 3.05) is 18.8 Å². The maximum absolute atomic E-state index is 12.1. The molecule has 0 bridgehead atoms. The van der Waals surface area contributed by atoms with Crippen LogP contribution in [-0.4, -0.2) is 35.4 Å². The number of nitrogens with zero attached hydrogens (tertiary/aromatic N) is 1. The molecule has 0 aromatic heterocycles. The highest BCUT2D eigenvalue weighted by Crippen LogP contribution is 2.45. The minimum atomic E-state index is -0.392. The van der Waals surface area contributed by atoms with E-state index in [1.807, 2.05) is 25.7 Å². The van der Waals surface area contributed by atoms with E-state index in [2.05, 4.69) is 12.6 Å². The normalized spacial score (nSPS) is 31.8. The summed E-state index contributed by atoms with van der Waals surface area (Å²) in [7, 11) is 0. The molecule has 1 saturated heterocycles. The van der Waals surface area contributed by atoms with E-state index in [0.29, 0.717) is 5.41 Å². The van der Waals surface area contributed by atoms with Gasteiger partial charge in [-0.25, -0.2) is 4.79 Å². The average molecular weight is 285 g/mol. The van der Waals surface area contributed by atoms with Crippen LogP contribution in [0, 0.1) is 11.3 Å². The maximum Gasteiger partial charge on any atom is 0.410 e. The molecule has 0 atom stereocenters. The minimum absolute atomic E-state index is 0.138. The van der Waals surface area contributed by atoms with E-state index in [1.54, 1.807) is 0 Å². The van der Waals surface area contributed by atoms with Crippen LogP contribution in [0.15, 0.2) is 0 Å². The Labute approximate surface area is 122 Å². The Morgan fingerprint density at radius 1 is 1.32 bits per heavy atom. The van der Waals surface area contributed by atoms with Crippen LogP contribution in [0.3, 0.4) is 0 Å². The van der Waals surface area contributed by atoms with E-state index in [0.717, 1.165) is 31.2 Å². The summed E-state index contributed by atoms with van der Waals surface area (Å²) in [4.78, 5) is 14.0. The zero-order valence-corrected chi connectivity index (χ0v) is 13.3. The number of amides is 1. The van der Waals surface area contributed by atoms with Crippen molar-refractivity contribution >= 4 is 18.7 Å². The van der Waals surface area contributed by atoms with Crippen molar-refractivity contribution in [2.24, 2.45) is 11.3 Å². The van der Waals surface area contributed by atoms with Gasteiger partial charge in [-0.1, -0.05) is 0 Å². The summed E-state index contributed by atoms with van der Waals surface area (Å²) in [6.07, 6.45) is 6.04. The molecular formula is C15H27NO2S. The molecule has 0 radical (unpaired) electrons. The first-order chi connectivity index (χ1) is 8.84. The van der Waals surface area contributed by atoms with E-state index < -0.39 is 5.60 Å². The van der Waals surface area contributed by atoms with Gasteiger partial charge in [0.05, 0.1) is 0 Å². The number of thiol groups is 1. The van der Waals surface area contributed by atoms with Gasteiger partial charge < -0.3 is 9.64 Å². The van der Waals surface area contributed by atoms with Crippen molar-refractivity contribution in [3.05, 3.63) is 0 Å².